The van der Waals surface area contributed by atoms with E-state index in [1.165, 1.54) is 34.1 Å². The number of aromatic amines is 2. The maximum Gasteiger partial charge on any atom is 0.326 e. The summed E-state index contributed by atoms with van der Waals surface area (Å²) in [6.45, 7) is 0.453. The molecule has 69 heavy (non-hydrogen) atoms. The third-order valence-electron chi connectivity index (χ3n) is 10.6. The van der Waals surface area contributed by atoms with E-state index in [1.807, 2.05) is 0 Å². The van der Waals surface area contributed by atoms with Crippen LogP contribution in [0.15, 0.2) is 58.1 Å². The minimum absolute atomic E-state index is 0. The van der Waals surface area contributed by atoms with Crippen LogP contribution in [0.5, 0.6) is 0 Å². The van der Waals surface area contributed by atoms with Crippen molar-refractivity contribution in [1.29, 1.82) is 0 Å². The largest absolute Gasteiger partial charge is 0.481 e. The molecule has 6 rings (SSSR count). The number of rotatable bonds is 18. The maximum absolute atomic E-state index is 12.4. The molecule has 362 valence electrons. The van der Waals surface area contributed by atoms with E-state index < -0.39 is 84.1 Å². The standard InChI is InChI=1S/2C20H23N7O7.Ca/c2*1-26(13-8-22-16-15(27(13)9-28)18(32)25-20(21)24-16)11-4-2-10(3-5-11)17(31)23-12(19(33)34)6-7-14(29)30;/h2*2-5,9,12-13H,6-8H2,1H3,(H,23,31)(H,29,30)(H,33,34)(H4,21,22,24,25,32);/t12-,13?;;/m0../s1. The summed E-state index contributed by atoms with van der Waals surface area (Å²) in [6.07, 6.45) is -1.51. The molecule has 4 heterocycles. The third kappa shape index (κ3) is 13.1. The van der Waals surface area contributed by atoms with Gasteiger partial charge in [-0.25, -0.2) is 9.59 Å². The van der Waals surface area contributed by atoms with Gasteiger partial charge in [-0.3, -0.25) is 58.1 Å². The first-order valence-electron chi connectivity index (χ1n) is 20.2. The van der Waals surface area contributed by atoms with E-state index in [-0.39, 0.29) is 110 Å². The second-order valence-corrected chi connectivity index (χ2v) is 15.0. The summed E-state index contributed by atoms with van der Waals surface area (Å²) >= 11 is 0. The zero-order valence-corrected chi connectivity index (χ0v) is 39.0. The van der Waals surface area contributed by atoms with Crippen LogP contribution in [-0.2, 0) is 28.8 Å². The van der Waals surface area contributed by atoms with Crippen LogP contribution < -0.4 is 63.5 Å². The molecule has 2 radical (unpaired) electrons. The third-order valence-corrected chi connectivity index (χ3v) is 10.6. The molecule has 2 aromatic carbocycles. The molecule has 0 saturated heterocycles. The smallest absolute Gasteiger partial charge is 0.326 e. The SMILES string of the molecule is CN(c1ccc(C(=O)NC(CCC(=O)O)C(=O)O)cc1)C1CNc2nc(N)[nH]c(=O)c2N1C=O.CN(c1ccc(C(=O)N[C@@H](CCC(=O)O)C(=O)O)cc1)C1CNc2nc(N)[nH]c(=O)c2N1C=O.[Ca]. The van der Waals surface area contributed by atoms with Crippen LogP contribution in [0.4, 0.5) is 46.3 Å². The first-order chi connectivity index (χ1) is 32.2. The number of carboxylic acids is 4. The fraction of sp³-hybridized carbons (Fsp3) is 0.300. The Morgan fingerprint density at radius 2 is 1.00 bits per heavy atom. The summed E-state index contributed by atoms with van der Waals surface area (Å²) in [5.74, 6) is -6.17. The molecule has 0 fully saturated rings. The Hall–Kier alpha value is -7.98. The van der Waals surface area contributed by atoms with Gasteiger partial charge in [0.05, 0.1) is 13.1 Å². The number of nitrogens with two attached hydrogens (primary N) is 2. The Labute approximate surface area is 419 Å². The Kier molecular flexibility index (Phi) is 18.4. The number of aromatic nitrogens is 4. The average Bonchev–Trinajstić information content (AvgIpc) is 3.30. The number of anilines is 8. The molecule has 0 spiro atoms. The van der Waals surface area contributed by atoms with Crippen LogP contribution in [0.2, 0.25) is 0 Å². The number of hydrogen-bond donors (Lipinski definition) is 12. The molecule has 14 N–H and O–H groups in total. The minimum Gasteiger partial charge on any atom is -0.481 e. The van der Waals surface area contributed by atoms with Crippen LogP contribution in [-0.4, -0.2) is 178 Å². The fourth-order valence-corrected chi connectivity index (χ4v) is 7.03. The van der Waals surface area contributed by atoms with Gasteiger partial charge >= 0.3 is 23.9 Å². The van der Waals surface area contributed by atoms with Crippen LogP contribution in [0.3, 0.4) is 0 Å². The summed E-state index contributed by atoms with van der Waals surface area (Å²) in [4.78, 5) is 136. The zero-order valence-electron chi connectivity index (χ0n) is 36.7. The van der Waals surface area contributed by atoms with Gasteiger partial charge in [-0.2, -0.15) is 9.97 Å². The molecule has 2 aliphatic rings. The molecule has 0 aliphatic carbocycles. The summed E-state index contributed by atoms with van der Waals surface area (Å²) in [5, 5.41) is 46.4. The van der Waals surface area contributed by atoms with Crippen molar-refractivity contribution in [3.8, 4) is 0 Å². The van der Waals surface area contributed by atoms with Crippen molar-refractivity contribution < 1.29 is 58.8 Å². The van der Waals surface area contributed by atoms with Gasteiger partial charge in [-0.1, -0.05) is 0 Å². The first-order valence-corrected chi connectivity index (χ1v) is 20.2. The molecule has 0 bridgehead atoms. The van der Waals surface area contributed by atoms with E-state index in [0.29, 0.717) is 24.2 Å². The number of hydrogen-bond acceptors (Lipinski definition) is 18. The molecule has 0 saturated carbocycles. The number of amides is 4. The van der Waals surface area contributed by atoms with Crippen LogP contribution in [0.25, 0.3) is 0 Å². The zero-order chi connectivity index (χ0) is 50.0. The molecule has 28 nitrogen and oxygen atoms in total. The van der Waals surface area contributed by atoms with E-state index >= 15 is 0 Å². The van der Waals surface area contributed by atoms with Gasteiger partial charge in [-0.15, -0.1) is 0 Å². The van der Waals surface area contributed by atoms with Crippen molar-refractivity contribution in [3.05, 3.63) is 80.4 Å². The molecular weight excluding hydrogens is 941 g/mol. The van der Waals surface area contributed by atoms with Crippen molar-refractivity contribution in [2.24, 2.45) is 0 Å². The van der Waals surface area contributed by atoms with Gasteiger partial charge in [0.1, 0.15) is 24.4 Å². The number of nitrogens with one attached hydrogen (secondary N) is 6. The predicted octanol–water partition coefficient (Wildman–Crippen LogP) is -1.88. The number of H-pyrrole nitrogens is 2. The summed E-state index contributed by atoms with van der Waals surface area (Å²) in [6, 6.07) is 9.50. The predicted molar refractivity (Wildman–Crippen MR) is 247 cm³/mol. The Morgan fingerprint density at radius 1 is 0.667 bits per heavy atom. The molecule has 4 aromatic rings. The number of nitrogen functional groups attached to an aromatic ring is 2. The normalized spacial score (nSPS) is 15.2. The molecule has 3 unspecified atom stereocenters. The molecule has 2 aromatic heterocycles. The van der Waals surface area contributed by atoms with Gasteiger partial charge in [0.25, 0.3) is 22.9 Å². The van der Waals surface area contributed by atoms with Crippen molar-refractivity contribution in [2.45, 2.75) is 50.1 Å². The maximum atomic E-state index is 12.4. The van der Waals surface area contributed by atoms with Gasteiger partial charge in [0.15, 0.2) is 23.0 Å². The van der Waals surface area contributed by atoms with Crippen molar-refractivity contribution in [3.63, 3.8) is 0 Å². The summed E-state index contributed by atoms with van der Waals surface area (Å²) in [5.41, 5.74) is 11.5. The Bertz CT molecular complexity index is 2520. The molecule has 4 amide bonds. The summed E-state index contributed by atoms with van der Waals surface area (Å²) < 4.78 is 0. The van der Waals surface area contributed by atoms with E-state index in [2.05, 4.69) is 41.2 Å². The number of aliphatic carboxylic acids is 4. The molecule has 2 aliphatic heterocycles. The van der Waals surface area contributed by atoms with E-state index in [4.69, 9.17) is 21.7 Å². The fourth-order valence-electron chi connectivity index (χ4n) is 7.03. The topological polar surface area (TPSA) is 422 Å². The van der Waals surface area contributed by atoms with Crippen LogP contribution >= 0.6 is 0 Å². The number of fused-ring (bicyclic) bond motifs is 2. The van der Waals surface area contributed by atoms with Gasteiger partial charge in [0, 0.05) is 87.2 Å². The summed E-state index contributed by atoms with van der Waals surface area (Å²) in [7, 11) is 3.38. The second-order valence-electron chi connectivity index (χ2n) is 15.0. The van der Waals surface area contributed by atoms with Gasteiger partial charge in [-0.05, 0) is 61.4 Å². The second kappa shape index (κ2) is 23.7. The number of nitrogens with zero attached hydrogens (tertiary/aromatic N) is 6. The van der Waals surface area contributed by atoms with Crippen molar-refractivity contribution in [1.82, 2.24) is 30.6 Å². The monoisotopic (exact) mass is 986 g/mol. The van der Waals surface area contributed by atoms with Crippen molar-refractivity contribution in [2.75, 3.05) is 68.9 Å². The number of carbonyl (C=O) groups excluding carboxylic acids is 4. The Morgan fingerprint density at radius 3 is 1.29 bits per heavy atom. The number of carboxylic acid groups (broad SMARTS) is 4. The minimum atomic E-state index is -1.35. The Balaban J connectivity index is 0.000000296. The number of benzene rings is 2. The quantitative estimate of drug-likeness (QED) is 0.0383. The average molecular weight is 987 g/mol. The first kappa shape index (κ1) is 53.6. The molecule has 4 atom stereocenters. The van der Waals surface area contributed by atoms with Crippen LogP contribution in [0.1, 0.15) is 46.4 Å². The van der Waals surface area contributed by atoms with Gasteiger partial charge in [0.2, 0.25) is 24.7 Å². The van der Waals surface area contributed by atoms with Crippen LogP contribution in [0, 0.1) is 0 Å². The van der Waals surface area contributed by atoms with Gasteiger partial charge < -0.3 is 63.0 Å². The molecule has 29 heteroatoms. The number of carbonyl (C=O) groups is 8. The van der Waals surface area contributed by atoms with Crippen molar-refractivity contribution >= 4 is 133 Å². The van der Waals surface area contributed by atoms with E-state index in [0.717, 1.165) is 0 Å². The van der Waals surface area contributed by atoms with E-state index in [9.17, 15) is 58.2 Å². The van der Waals surface area contributed by atoms with E-state index in [1.54, 1.807) is 48.2 Å². The molecular formula is C40H46CaN14O14. The number of likely N-dealkylation sites (N-methyl/N-ethyl adjacent to an activating group) is 2.